The zero-order valence-electron chi connectivity index (χ0n) is 13.5. The normalized spacial score (nSPS) is 26.7. The highest BCUT2D eigenvalue weighted by Crippen LogP contribution is 2.36. The maximum Gasteiger partial charge on any atom is 0.122 e. The molecule has 118 valence electrons. The molecule has 1 aliphatic carbocycles. The Balaban J connectivity index is 2.12. The monoisotopic (exact) mass is 309 g/mol. The smallest absolute Gasteiger partial charge is 0.122 e. The molecule has 0 aliphatic heterocycles. The Bertz CT molecular complexity index is 474. The second-order valence-electron chi connectivity index (χ2n) is 6.93. The first-order chi connectivity index (χ1) is 9.93. The number of methoxy groups -OCH3 is 1. The van der Waals surface area contributed by atoms with Crippen LogP contribution in [0.5, 0.6) is 5.75 Å². The van der Waals surface area contributed by atoms with Gasteiger partial charge in [0.2, 0.25) is 0 Å². The molecule has 1 aromatic rings. The van der Waals surface area contributed by atoms with Crippen molar-refractivity contribution in [3.8, 4) is 5.75 Å². The predicted octanol–water partition coefficient (Wildman–Crippen LogP) is 4.82. The molecule has 2 rings (SSSR count). The van der Waals surface area contributed by atoms with Crippen LogP contribution in [-0.4, -0.2) is 12.6 Å². The zero-order valence-corrected chi connectivity index (χ0v) is 14.2. The minimum absolute atomic E-state index is 0.123. The number of rotatable bonds is 4. The van der Waals surface area contributed by atoms with Crippen LogP contribution in [0.4, 0.5) is 0 Å². The van der Waals surface area contributed by atoms with Gasteiger partial charge in [0.25, 0.3) is 0 Å². The van der Waals surface area contributed by atoms with E-state index in [1.54, 1.807) is 7.11 Å². The van der Waals surface area contributed by atoms with Gasteiger partial charge >= 0.3 is 0 Å². The summed E-state index contributed by atoms with van der Waals surface area (Å²) in [5.41, 5.74) is 7.74. The maximum absolute atomic E-state index is 6.73. The topological polar surface area (TPSA) is 35.2 Å². The van der Waals surface area contributed by atoms with E-state index in [2.05, 4.69) is 13.8 Å². The molecule has 2 unspecified atom stereocenters. The first-order valence-electron chi connectivity index (χ1n) is 8.05. The summed E-state index contributed by atoms with van der Waals surface area (Å²) >= 11 is 6.14. The molecule has 0 saturated heterocycles. The summed E-state index contributed by atoms with van der Waals surface area (Å²) in [6.07, 6.45) is 6.79. The zero-order chi connectivity index (χ0) is 15.5. The van der Waals surface area contributed by atoms with Gasteiger partial charge < -0.3 is 10.5 Å². The van der Waals surface area contributed by atoms with Gasteiger partial charge in [-0.1, -0.05) is 38.3 Å². The summed E-state index contributed by atoms with van der Waals surface area (Å²) in [6, 6.07) is 5.81. The minimum atomic E-state index is -0.123. The van der Waals surface area contributed by atoms with Gasteiger partial charge in [-0.05, 0) is 61.3 Å². The van der Waals surface area contributed by atoms with Gasteiger partial charge in [-0.25, -0.2) is 0 Å². The second-order valence-corrected chi connectivity index (χ2v) is 7.37. The van der Waals surface area contributed by atoms with E-state index < -0.39 is 0 Å². The van der Waals surface area contributed by atoms with Crippen LogP contribution in [0.1, 0.15) is 51.5 Å². The summed E-state index contributed by atoms with van der Waals surface area (Å²) in [4.78, 5) is 0. The van der Waals surface area contributed by atoms with Crippen molar-refractivity contribution in [1.29, 1.82) is 0 Å². The molecule has 1 fully saturated rings. The SMILES string of the molecule is COc1ccc(Cl)cc1CC1(N)CCCC(C(C)C)CC1. The fraction of sp³-hybridized carbons (Fsp3) is 0.667. The Morgan fingerprint density at radius 3 is 2.76 bits per heavy atom. The molecule has 0 heterocycles. The molecule has 0 spiro atoms. The van der Waals surface area contributed by atoms with E-state index in [0.717, 1.165) is 47.4 Å². The Morgan fingerprint density at radius 2 is 2.10 bits per heavy atom. The van der Waals surface area contributed by atoms with Crippen molar-refractivity contribution >= 4 is 11.6 Å². The fourth-order valence-electron chi connectivity index (χ4n) is 3.57. The van der Waals surface area contributed by atoms with E-state index in [-0.39, 0.29) is 5.54 Å². The average Bonchev–Trinajstić information content (AvgIpc) is 2.61. The Morgan fingerprint density at radius 1 is 1.33 bits per heavy atom. The number of hydrogen-bond acceptors (Lipinski definition) is 2. The number of benzene rings is 1. The number of nitrogens with two attached hydrogens (primary N) is 1. The first-order valence-corrected chi connectivity index (χ1v) is 8.42. The van der Waals surface area contributed by atoms with Crippen molar-refractivity contribution in [2.75, 3.05) is 7.11 Å². The molecular formula is C18H28ClNO. The molecule has 2 N–H and O–H groups in total. The standard InChI is InChI=1S/C18H28ClNO/c1-13(2)14-5-4-9-18(20,10-8-14)12-15-11-16(19)6-7-17(15)21-3/h6-7,11,13-14H,4-5,8-10,12,20H2,1-3H3. The molecule has 0 amide bonds. The van der Waals surface area contributed by atoms with Gasteiger partial charge in [0, 0.05) is 10.6 Å². The second kappa shape index (κ2) is 7.02. The molecule has 21 heavy (non-hydrogen) atoms. The third kappa shape index (κ3) is 4.37. The largest absolute Gasteiger partial charge is 0.496 e. The Labute approximate surface area is 134 Å². The third-order valence-corrected chi connectivity index (χ3v) is 5.23. The molecule has 2 nitrogen and oxygen atoms in total. The van der Waals surface area contributed by atoms with Crippen LogP contribution in [0.25, 0.3) is 0 Å². The number of ether oxygens (including phenoxy) is 1. The average molecular weight is 310 g/mol. The van der Waals surface area contributed by atoms with Crippen LogP contribution in [0.3, 0.4) is 0 Å². The van der Waals surface area contributed by atoms with Gasteiger partial charge in [0.1, 0.15) is 5.75 Å². The summed E-state index contributed by atoms with van der Waals surface area (Å²) in [7, 11) is 1.71. The molecule has 0 aromatic heterocycles. The molecule has 0 bridgehead atoms. The van der Waals surface area contributed by atoms with E-state index in [4.69, 9.17) is 22.1 Å². The third-order valence-electron chi connectivity index (χ3n) is 4.99. The highest BCUT2D eigenvalue weighted by molar-refractivity contribution is 6.30. The first kappa shape index (κ1) is 16.6. The highest BCUT2D eigenvalue weighted by atomic mass is 35.5. The molecule has 1 saturated carbocycles. The van der Waals surface area contributed by atoms with Gasteiger partial charge in [-0.15, -0.1) is 0 Å². The number of hydrogen-bond donors (Lipinski definition) is 1. The van der Waals surface area contributed by atoms with Crippen LogP contribution in [0.2, 0.25) is 5.02 Å². The minimum Gasteiger partial charge on any atom is -0.496 e. The summed E-state index contributed by atoms with van der Waals surface area (Å²) in [6.45, 7) is 4.66. The molecule has 0 radical (unpaired) electrons. The van der Waals surface area contributed by atoms with Crippen LogP contribution in [0, 0.1) is 11.8 Å². The molecule has 1 aliphatic rings. The lowest BCUT2D eigenvalue weighted by Crippen LogP contribution is -2.41. The molecule has 1 aromatic carbocycles. The fourth-order valence-corrected chi connectivity index (χ4v) is 3.76. The van der Waals surface area contributed by atoms with E-state index in [1.807, 2.05) is 18.2 Å². The van der Waals surface area contributed by atoms with Gasteiger partial charge in [0.05, 0.1) is 7.11 Å². The quantitative estimate of drug-likeness (QED) is 0.809. The lowest BCUT2D eigenvalue weighted by Gasteiger charge is -2.29. The predicted molar refractivity (Wildman–Crippen MR) is 90.0 cm³/mol. The summed E-state index contributed by atoms with van der Waals surface area (Å²) < 4.78 is 5.46. The number of halogens is 1. The van der Waals surface area contributed by atoms with Crippen molar-refractivity contribution in [2.24, 2.45) is 17.6 Å². The van der Waals surface area contributed by atoms with Crippen molar-refractivity contribution in [3.05, 3.63) is 28.8 Å². The molecule has 2 atom stereocenters. The van der Waals surface area contributed by atoms with Crippen LogP contribution >= 0.6 is 11.6 Å². The van der Waals surface area contributed by atoms with Gasteiger partial charge in [0.15, 0.2) is 0 Å². The van der Waals surface area contributed by atoms with E-state index in [9.17, 15) is 0 Å². The lowest BCUT2D eigenvalue weighted by molar-refractivity contribution is 0.319. The highest BCUT2D eigenvalue weighted by Gasteiger charge is 2.31. The summed E-state index contributed by atoms with van der Waals surface area (Å²) in [5.74, 6) is 2.47. The Kier molecular flexibility index (Phi) is 5.56. The maximum atomic E-state index is 6.73. The lowest BCUT2D eigenvalue weighted by atomic mass is 9.83. The summed E-state index contributed by atoms with van der Waals surface area (Å²) in [5, 5.41) is 0.753. The van der Waals surface area contributed by atoms with Crippen molar-refractivity contribution in [2.45, 2.75) is 57.9 Å². The molecular weight excluding hydrogens is 282 g/mol. The van der Waals surface area contributed by atoms with Gasteiger partial charge in [-0.2, -0.15) is 0 Å². The van der Waals surface area contributed by atoms with Crippen LogP contribution in [0.15, 0.2) is 18.2 Å². The van der Waals surface area contributed by atoms with E-state index >= 15 is 0 Å². The Hall–Kier alpha value is -0.730. The van der Waals surface area contributed by atoms with Crippen molar-refractivity contribution < 1.29 is 4.74 Å². The van der Waals surface area contributed by atoms with Crippen LogP contribution < -0.4 is 10.5 Å². The van der Waals surface area contributed by atoms with E-state index in [0.29, 0.717) is 0 Å². The van der Waals surface area contributed by atoms with Crippen molar-refractivity contribution in [1.82, 2.24) is 0 Å². The van der Waals surface area contributed by atoms with Gasteiger partial charge in [-0.3, -0.25) is 0 Å². The van der Waals surface area contributed by atoms with Crippen LogP contribution in [-0.2, 0) is 6.42 Å². The van der Waals surface area contributed by atoms with E-state index in [1.165, 1.54) is 19.3 Å². The van der Waals surface area contributed by atoms with Crippen molar-refractivity contribution in [3.63, 3.8) is 0 Å². The molecule has 3 heteroatoms.